The lowest BCUT2D eigenvalue weighted by Crippen LogP contribution is -1.96. The molecular weight excluding hydrogens is 206 g/mol. The predicted octanol–water partition coefficient (Wildman–Crippen LogP) is 1.72. The molecule has 0 aliphatic rings. The fraction of sp³-hybridized carbons (Fsp3) is 0.333. The first kappa shape index (κ1) is 12.7. The summed E-state index contributed by atoms with van der Waals surface area (Å²) in [6, 6.07) is 3.35. The summed E-state index contributed by atoms with van der Waals surface area (Å²) < 4.78 is 15.2. The van der Waals surface area contributed by atoms with Gasteiger partial charge in [-0.2, -0.15) is 0 Å². The molecule has 1 aromatic rings. The zero-order valence-electron chi connectivity index (χ0n) is 8.37. The molecule has 0 radical (unpaired) electrons. The standard InChI is InChI=1S/C9H13NO3.ClH/c1-11-7-5-9(13-3)8(12-2)4-6(7)10;/h4-5H,10H2,1-3H3;1H. The van der Waals surface area contributed by atoms with Gasteiger partial charge in [0.2, 0.25) is 0 Å². The van der Waals surface area contributed by atoms with Crippen LogP contribution in [0, 0.1) is 0 Å². The molecule has 1 rings (SSSR count). The van der Waals surface area contributed by atoms with E-state index in [9.17, 15) is 0 Å². The van der Waals surface area contributed by atoms with Gasteiger partial charge in [0.25, 0.3) is 0 Å². The van der Waals surface area contributed by atoms with Crippen LogP contribution in [-0.4, -0.2) is 21.3 Å². The molecule has 2 N–H and O–H groups in total. The normalized spacial score (nSPS) is 8.79. The third-order valence-electron chi connectivity index (χ3n) is 1.74. The van der Waals surface area contributed by atoms with Crippen molar-refractivity contribution in [2.24, 2.45) is 0 Å². The lowest BCUT2D eigenvalue weighted by atomic mass is 10.2. The second-order valence-corrected chi connectivity index (χ2v) is 2.45. The number of hydrogen-bond acceptors (Lipinski definition) is 4. The Kier molecular flexibility index (Phi) is 4.94. The molecule has 80 valence electrons. The molecule has 4 nitrogen and oxygen atoms in total. The van der Waals surface area contributed by atoms with Crippen LogP contribution in [0.1, 0.15) is 0 Å². The topological polar surface area (TPSA) is 53.7 Å². The Morgan fingerprint density at radius 2 is 1.29 bits per heavy atom. The number of halogens is 1. The second kappa shape index (κ2) is 5.44. The van der Waals surface area contributed by atoms with E-state index in [4.69, 9.17) is 19.9 Å². The second-order valence-electron chi connectivity index (χ2n) is 2.45. The van der Waals surface area contributed by atoms with Crippen molar-refractivity contribution < 1.29 is 14.2 Å². The zero-order valence-corrected chi connectivity index (χ0v) is 9.18. The maximum atomic E-state index is 5.67. The highest BCUT2D eigenvalue weighted by atomic mass is 35.5. The van der Waals surface area contributed by atoms with E-state index < -0.39 is 0 Å². The highest BCUT2D eigenvalue weighted by Gasteiger charge is 2.08. The Balaban J connectivity index is 0.00000169. The van der Waals surface area contributed by atoms with Gasteiger partial charge in [0, 0.05) is 12.1 Å². The number of ether oxygens (including phenoxy) is 3. The first-order chi connectivity index (χ1) is 6.22. The average Bonchev–Trinajstić information content (AvgIpc) is 2.17. The lowest BCUT2D eigenvalue weighted by Gasteiger charge is -2.11. The van der Waals surface area contributed by atoms with Crippen LogP contribution < -0.4 is 19.9 Å². The van der Waals surface area contributed by atoms with E-state index in [0.29, 0.717) is 22.9 Å². The number of hydrogen-bond donors (Lipinski definition) is 1. The van der Waals surface area contributed by atoms with Crippen molar-refractivity contribution in [3.8, 4) is 17.2 Å². The third kappa shape index (κ3) is 2.35. The smallest absolute Gasteiger partial charge is 0.164 e. The van der Waals surface area contributed by atoms with Crippen molar-refractivity contribution in [1.82, 2.24) is 0 Å². The number of nitrogen functional groups attached to an aromatic ring is 1. The van der Waals surface area contributed by atoms with Crippen molar-refractivity contribution >= 4 is 18.1 Å². The number of anilines is 1. The van der Waals surface area contributed by atoms with Crippen LogP contribution in [0.5, 0.6) is 17.2 Å². The highest BCUT2D eigenvalue weighted by Crippen LogP contribution is 2.35. The molecule has 0 aliphatic carbocycles. The molecule has 0 aliphatic heterocycles. The van der Waals surface area contributed by atoms with E-state index in [0.717, 1.165) is 0 Å². The molecule has 0 amide bonds. The molecule has 0 fully saturated rings. The minimum Gasteiger partial charge on any atom is -0.494 e. The van der Waals surface area contributed by atoms with Crippen LogP contribution in [0.3, 0.4) is 0 Å². The van der Waals surface area contributed by atoms with E-state index in [-0.39, 0.29) is 12.4 Å². The molecule has 0 unspecified atom stereocenters. The van der Waals surface area contributed by atoms with Crippen molar-refractivity contribution in [3.05, 3.63) is 12.1 Å². The summed E-state index contributed by atoms with van der Waals surface area (Å²) in [5.41, 5.74) is 6.20. The maximum Gasteiger partial charge on any atom is 0.164 e. The predicted molar refractivity (Wildman–Crippen MR) is 57.8 cm³/mol. The van der Waals surface area contributed by atoms with Gasteiger partial charge in [-0.05, 0) is 0 Å². The van der Waals surface area contributed by atoms with Crippen LogP contribution >= 0.6 is 12.4 Å². The van der Waals surface area contributed by atoms with Crippen LogP contribution in [0.25, 0.3) is 0 Å². The van der Waals surface area contributed by atoms with E-state index in [1.54, 1.807) is 33.5 Å². The molecule has 14 heavy (non-hydrogen) atoms. The lowest BCUT2D eigenvalue weighted by molar-refractivity contribution is 0.349. The molecule has 0 saturated heterocycles. The number of methoxy groups -OCH3 is 3. The monoisotopic (exact) mass is 219 g/mol. The van der Waals surface area contributed by atoms with Gasteiger partial charge in [-0.15, -0.1) is 12.4 Å². The average molecular weight is 220 g/mol. The number of nitrogens with two attached hydrogens (primary N) is 1. The van der Waals surface area contributed by atoms with Gasteiger partial charge in [0.15, 0.2) is 11.5 Å². The van der Waals surface area contributed by atoms with Gasteiger partial charge in [-0.1, -0.05) is 0 Å². The Bertz CT molecular complexity index is 304. The Hall–Kier alpha value is -1.29. The van der Waals surface area contributed by atoms with Crippen LogP contribution in [0.15, 0.2) is 12.1 Å². The zero-order chi connectivity index (χ0) is 9.84. The Labute approximate surface area is 89.4 Å². The summed E-state index contributed by atoms with van der Waals surface area (Å²) in [5, 5.41) is 0. The van der Waals surface area contributed by atoms with Crippen molar-refractivity contribution in [2.75, 3.05) is 27.1 Å². The molecule has 0 heterocycles. The summed E-state index contributed by atoms with van der Waals surface area (Å²) in [4.78, 5) is 0. The molecule has 0 aromatic heterocycles. The van der Waals surface area contributed by atoms with Gasteiger partial charge < -0.3 is 19.9 Å². The van der Waals surface area contributed by atoms with Crippen molar-refractivity contribution in [1.29, 1.82) is 0 Å². The van der Waals surface area contributed by atoms with E-state index in [1.165, 1.54) is 0 Å². The Morgan fingerprint density at radius 1 is 0.857 bits per heavy atom. The first-order valence-corrected chi connectivity index (χ1v) is 3.78. The van der Waals surface area contributed by atoms with Crippen LogP contribution in [0.2, 0.25) is 0 Å². The SMILES string of the molecule is COc1cc(OC)c(OC)cc1N.Cl. The first-order valence-electron chi connectivity index (χ1n) is 3.78. The van der Waals surface area contributed by atoms with Gasteiger partial charge in [0.05, 0.1) is 27.0 Å². The van der Waals surface area contributed by atoms with Gasteiger partial charge >= 0.3 is 0 Å². The fourth-order valence-corrected chi connectivity index (χ4v) is 1.05. The summed E-state index contributed by atoms with van der Waals surface area (Å²) in [6.07, 6.45) is 0. The number of rotatable bonds is 3. The minimum atomic E-state index is 0. The van der Waals surface area contributed by atoms with Gasteiger partial charge in [-0.3, -0.25) is 0 Å². The van der Waals surface area contributed by atoms with E-state index >= 15 is 0 Å². The van der Waals surface area contributed by atoms with Crippen molar-refractivity contribution in [2.45, 2.75) is 0 Å². The minimum absolute atomic E-state index is 0. The molecule has 5 heteroatoms. The van der Waals surface area contributed by atoms with Crippen molar-refractivity contribution in [3.63, 3.8) is 0 Å². The highest BCUT2D eigenvalue weighted by molar-refractivity contribution is 5.85. The molecule has 0 saturated carbocycles. The van der Waals surface area contributed by atoms with Crippen LogP contribution in [-0.2, 0) is 0 Å². The van der Waals surface area contributed by atoms with Crippen LogP contribution in [0.4, 0.5) is 5.69 Å². The molecular formula is C9H14ClNO3. The van der Waals surface area contributed by atoms with Gasteiger partial charge in [-0.25, -0.2) is 0 Å². The van der Waals surface area contributed by atoms with E-state index in [1.807, 2.05) is 0 Å². The van der Waals surface area contributed by atoms with E-state index in [2.05, 4.69) is 0 Å². The Morgan fingerprint density at radius 3 is 1.71 bits per heavy atom. The largest absolute Gasteiger partial charge is 0.494 e. The third-order valence-corrected chi connectivity index (χ3v) is 1.74. The molecule has 0 bridgehead atoms. The summed E-state index contributed by atoms with van der Waals surface area (Å²) in [5.74, 6) is 1.78. The maximum absolute atomic E-state index is 5.67. The summed E-state index contributed by atoms with van der Waals surface area (Å²) in [6.45, 7) is 0. The molecule has 0 atom stereocenters. The molecule has 1 aromatic carbocycles. The van der Waals surface area contributed by atoms with Gasteiger partial charge in [0.1, 0.15) is 5.75 Å². The summed E-state index contributed by atoms with van der Waals surface area (Å²) in [7, 11) is 4.68. The summed E-state index contributed by atoms with van der Waals surface area (Å²) >= 11 is 0. The molecule has 0 spiro atoms. The fourth-order valence-electron chi connectivity index (χ4n) is 1.05. The number of benzene rings is 1. The quantitative estimate of drug-likeness (QED) is 0.787.